The van der Waals surface area contributed by atoms with E-state index in [2.05, 4.69) is 103 Å². The molecule has 0 aliphatic carbocycles. The molecule has 0 fully saturated rings. The molecule has 0 aliphatic rings. The minimum Gasteiger partial charge on any atom is -0.456 e. The van der Waals surface area contributed by atoms with E-state index in [0.717, 1.165) is 77.0 Å². The van der Waals surface area contributed by atoms with Gasteiger partial charge in [-0.25, -0.2) is 9.97 Å². The number of aromatic nitrogens is 2. The van der Waals surface area contributed by atoms with E-state index in [-0.39, 0.29) is 0 Å². The highest BCUT2D eigenvalue weighted by molar-refractivity contribution is 6.13. The molecule has 2 heterocycles. The molecule has 6 aromatic carbocycles. The molecule has 0 N–H and O–H groups in total. The molecule has 3 nitrogen and oxygen atoms in total. The molecule has 8 aromatic rings. The van der Waals surface area contributed by atoms with Crippen molar-refractivity contribution >= 4 is 54.5 Å². The first-order valence-electron chi connectivity index (χ1n) is 12.4. The summed E-state index contributed by atoms with van der Waals surface area (Å²) < 4.78 is 6.18. The van der Waals surface area contributed by atoms with Gasteiger partial charge in [0, 0.05) is 27.3 Å². The molecule has 8 rings (SSSR count). The van der Waals surface area contributed by atoms with Crippen molar-refractivity contribution in [2.75, 3.05) is 0 Å². The zero-order valence-electron chi connectivity index (χ0n) is 19.8. The third-order valence-corrected chi connectivity index (χ3v) is 7.24. The molecule has 2 aromatic heterocycles. The van der Waals surface area contributed by atoms with Crippen LogP contribution in [0.1, 0.15) is 0 Å². The van der Waals surface area contributed by atoms with Crippen molar-refractivity contribution in [2.45, 2.75) is 0 Å². The van der Waals surface area contributed by atoms with E-state index in [0.29, 0.717) is 0 Å². The van der Waals surface area contributed by atoms with Gasteiger partial charge in [0.2, 0.25) is 0 Å². The average Bonchev–Trinajstić information content (AvgIpc) is 3.33. The molecule has 0 bridgehead atoms. The first kappa shape index (κ1) is 20.2. The second kappa shape index (κ2) is 7.74. The van der Waals surface area contributed by atoms with Crippen molar-refractivity contribution in [1.29, 1.82) is 0 Å². The first-order valence-corrected chi connectivity index (χ1v) is 12.4. The van der Waals surface area contributed by atoms with Gasteiger partial charge in [-0.1, -0.05) is 97.1 Å². The Hall–Kier alpha value is -5.02. The van der Waals surface area contributed by atoms with Crippen LogP contribution in [0.15, 0.2) is 126 Å². The highest BCUT2D eigenvalue weighted by Gasteiger charge is 2.18. The summed E-state index contributed by atoms with van der Waals surface area (Å²) in [6.45, 7) is 0. The quantitative estimate of drug-likeness (QED) is 0.235. The van der Waals surface area contributed by atoms with Gasteiger partial charge in [0.25, 0.3) is 0 Å². The second-order valence-corrected chi connectivity index (χ2v) is 9.41. The topological polar surface area (TPSA) is 38.9 Å². The van der Waals surface area contributed by atoms with E-state index < -0.39 is 0 Å². The predicted molar refractivity (Wildman–Crippen MR) is 153 cm³/mol. The van der Waals surface area contributed by atoms with Crippen molar-refractivity contribution in [3.05, 3.63) is 121 Å². The molecule has 0 spiro atoms. The van der Waals surface area contributed by atoms with Crippen molar-refractivity contribution in [1.82, 2.24) is 9.97 Å². The monoisotopic (exact) mass is 472 g/mol. The van der Waals surface area contributed by atoms with Crippen LogP contribution in [-0.4, -0.2) is 9.97 Å². The van der Waals surface area contributed by atoms with E-state index in [4.69, 9.17) is 14.4 Å². The average molecular weight is 473 g/mol. The van der Waals surface area contributed by atoms with Gasteiger partial charge in [-0.3, -0.25) is 0 Å². The van der Waals surface area contributed by atoms with Gasteiger partial charge in [-0.05, 0) is 40.4 Å². The molecule has 3 heteroatoms. The molecule has 0 radical (unpaired) electrons. The number of hydrogen-bond donors (Lipinski definition) is 0. The SMILES string of the molecule is c1ccc(-c2nc3ccc4ccccc4c3nc2-c2cccc3cc4oc5ccccc5c4cc23)cc1. The molecule has 0 amide bonds. The molecule has 37 heavy (non-hydrogen) atoms. The largest absolute Gasteiger partial charge is 0.456 e. The molecular formula is C34H20N2O. The van der Waals surface area contributed by atoms with E-state index in [1.54, 1.807) is 0 Å². The van der Waals surface area contributed by atoms with Gasteiger partial charge >= 0.3 is 0 Å². The highest BCUT2D eigenvalue weighted by atomic mass is 16.3. The van der Waals surface area contributed by atoms with Gasteiger partial charge in [-0.2, -0.15) is 0 Å². The number of hydrogen-bond acceptors (Lipinski definition) is 3. The predicted octanol–water partition coefficient (Wildman–Crippen LogP) is 9.17. The Morgan fingerprint density at radius 1 is 0.459 bits per heavy atom. The number of furan rings is 1. The van der Waals surface area contributed by atoms with Crippen LogP contribution in [0.2, 0.25) is 0 Å². The van der Waals surface area contributed by atoms with Crippen LogP contribution in [0.5, 0.6) is 0 Å². The minimum absolute atomic E-state index is 0.882. The van der Waals surface area contributed by atoms with Crippen molar-refractivity contribution in [3.8, 4) is 22.5 Å². The van der Waals surface area contributed by atoms with Gasteiger partial charge < -0.3 is 4.42 Å². The smallest absolute Gasteiger partial charge is 0.136 e. The lowest BCUT2D eigenvalue weighted by Gasteiger charge is -2.14. The normalized spacial score (nSPS) is 11.8. The summed E-state index contributed by atoms with van der Waals surface area (Å²) in [5.74, 6) is 0. The van der Waals surface area contributed by atoms with Crippen LogP contribution in [0, 0.1) is 0 Å². The standard InChI is InChI=1S/C34H20N2O/c1-2-10-22(11-3-1)32-34(36-33-24-13-5-4-9-21(24)17-18-29(33)35-32)26-15-8-12-23-19-31-28(20-27(23)26)25-14-6-7-16-30(25)37-31/h1-20H. The van der Waals surface area contributed by atoms with E-state index in [9.17, 15) is 0 Å². The Bertz CT molecular complexity index is 2140. The molecule has 172 valence electrons. The second-order valence-electron chi connectivity index (χ2n) is 9.41. The van der Waals surface area contributed by atoms with Crippen LogP contribution in [0.4, 0.5) is 0 Å². The number of nitrogens with zero attached hydrogens (tertiary/aromatic N) is 2. The maximum absolute atomic E-state index is 6.18. The summed E-state index contributed by atoms with van der Waals surface area (Å²) >= 11 is 0. The van der Waals surface area contributed by atoms with Crippen LogP contribution in [-0.2, 0) is 0 Å². The van der Waals surface area contributed by atoms with Gasteiger partial charge in [0.15, 0.2) is 0 Å². The molecule has 0 atom stereocenters. The van der Waals surface area contributed by atoms with E-state index >= 15 is 0 Å². The third-order valence-electron chi connectivity index (χ3n) is 7.24. The van der Waals surface area contributed by atoms with Gasteiger partial charge in [0.1, 0.15) is 11.2 Å². The van der Waals surface area contributed by atoms with Crippen LogP contribution < -0.4 is 0 Å². The molecule has 0 aliphatic heterocycles. The lowest BCUT2D eigenvalue weighted by Crippen LogP contribution is -1.97. The fourth-order valence-electron chi connectivity index (χ4n) is 5.48. The lowest BCUT2D eigenvalue weighted by molar-refractivity contribution is 0.669. The third kappa shape index (κ3) is 3.08. The van der Waals surface area contributed by atoms with Crippen LogP contribution in [0.3, 0.4) is 0 Å². The fraction of sp³-hybridized carbons (Fsp3) is 0. The number of para-hydroxylation sites is 1. The van der Waals surface area contributed by atoms with Gasteiger partial charge in [0.05, 0.1) is 22.4 Å². The fourth-order valence-corrected chi connectivity index (χ4v) is 5.48. The Morgan fingerprint density at radius 3 is 2.16 bits per heavy atom. The molecule has 0 saturated carbocycles. The Kier molecular flexibility index (Phi) is 4.23. The van der Waals surface area contributed by atoms with Gasteiger partial charge in [-0.15, -0.1) is 0 Å². The number of rotatable bonds is 2. The van der Waals surface area contributed by atoms with Crippen molar-refractivity contribution in [3.63, 3.8) is 0 Å². The Morgan fingerprint density at radius 2 is 1.24 bits per heavy atom. The summed E-state index contributed by atoms with van der Waals surface area (Å²) in [4.78, 5) is 10.5. The zero-order chi connectivity index (χ0) is 24.3. The lowest BCUT2D eigenvalue weighted by atomic mass is 9.96. The van der Waals surface area contributed by atoms with Crippen molar-refractivity contribution < 1.29 is 4.42 Å². The van der Waals surface area contributed by atoms with Crippen LogP contribution >= 0.6 is 0 Å². The molecule has 0 saturated heterocycles. The Balaban J connectivity index is 1.51. The molecular weight excluding hydrogens is 452 g/mol. The summed E-state index contributed by atoms with van der Waals surface area (Å²) in [5.41, 5.74) is 7.48. The molecule has 0 unspecified atom stereocenters. The highest BCUT2D eigenvalue weighted by Crippen LogP contribution is 2.39. The maximum atomic E-state index is 6.18. The Labute approximate surface area is 212 Å². The maximum Gasteiger partial charge on any atom is 0.136 e. The van der Waals surface area contributed by atoms with Crippen molar-refractivity contribution in [2.24, 2.45) is 0 Å². The minimum atomic E-state index is 0.882. The van der Waals surface area contributed by atoms with Crippen LogP contribution in [0.25, 0.3) is 77.0 Å². The summed E-state index contributed by atoms with van der Waals surface area (Å²) in [5, 5.41) is 6.74. The number of benzene rings is 6. The van der Waals surface area contributed by atoms with E-state index in [1.165, 1.54) is 0 Å². The number of fused-ring (bicyclic) bond motifs is 7. The summed E-state index contributed by atoms with van der Waals surface area (Å²) in [7, 11) is 0. The summed E-state index contributed by atoms with van der Waals surface area (Å²) in [6.07, 6.45) is 0. The van der Waals surface area contributed by atoms with E-state index in [1.807, 2.05) is 18.2 Å². The summed E-state index contributed by atoms with van der Waals surface area (Å²) in [6, 6.07) is 41.9. The first-order chi connectivity index (χ1) is 18.3. The zero-order valence-corrected chi connectivity index (χ0v) is 19.8.